The van der Waals surface area contributed by atoms with Crippen molar-refractivity contribution < 1.29 is 36.2 Å². The molecule has 15 heteroatoms. The van der Waals surface area contributed by atoms with Gasteiger partial charge in [0.1, 0.15) is 0 Å². The van der Waals surface area contributed by atoms with E-state index in [-0.39, 0.29) is 19.6 Å². The monoisotopic (exact) mass is 655 g/mol. The first-order valence-corrected chi connectivity index (χ1v) is 16.2. The van der Waals surface area contributed by atoms with Gasteiger partial charge in [0, 0.05) is 69.1 Å². The molecule has 0 radical (unpaired) electrons. The number of aliphatic hydroxyl groups excluding tert-OH is 1. The molecule has 0 spiro atoms. The minimum atomic E-state index is -4.49. The van der Waals surface area contributed by atoms with Crippen LogP contribution in [0.1, 0.15) is 27.2 Å². The SMILES string of the molecule is COC(=O)c1cccc(Cl)c1N1CCN(CC(O)Cn2nc(-c3ccc(C(F)(F)F)cc3)c3c2CCN(S(C)(=O)=O)C3)CC1. The van der Waals surface area contributed by atoms with Crippen molar-refractivity contribution in [2.75, 3.05) is 57.5 Å². The molecule has 3 heterocycles. The second-order valence-corrected chi connectivity index (χ2v) is 13.3. The van der Waals surface area contributed by atoms with E-state index in [1.54, 1.807) is 22.9 Å². The number of fused-ring (bicyclic) bond motifs is 1. The Morgan fingerprint density at radius 2 is 1.75 bits per heavy atom. The third-order valence-corrected chi connectivity index (χ3v) is 9.54. The van der Waals surface area contributed by atoms with Crippen molar-refractivity contribution in [2.24, 2.45) is 0 Å². The van der Waals surface area contributed by atoms with E-state index in [2.05, 4.69) is 10.00 Å². The van der Waals surface area contributed by atoms with Crippen LogP contribution in [-0.4, -0.2) is 97.2 Å². The average Bonchev–Trinajstić information content (AvgIpc) is 3.33. The summed E-state index contributed by atoms with van der Waals surface area (Å²) in [6, 6.07) is 9.69. The molecule has 1 unspecified atom stereocenters. The standard InChI is InChI=1S/C29H33ClF3N5O5S/c1-43-28(40)22-4-3-5-24(30)27(22)36-14-12-35(13-15-36)16-21(39)17-38-25-10-11-37(44(2,41)42)18-23(25)26(34-38)19-6-8-20(9-7-19)29(31,32)33/h3-9,21,39H,10-18H2,1-2H3. The van der Waals surface area contributed by atoms with E-state index in [0.29, 0.717) is 72.2 Å². The summed E-state index contributed by atoms with van der Waals surface area (Å²) in [7, 11) is -2.19. The first-order valence-electron chi connectivity index (χ1n) is 14.0. The summed E-state index contributed by atoms with van der Waals surface area (Å²) in [6.07, 6.45) is -3.85. The highest BCUT2D eigenvalue weighted by Crippen LogP contribution is 2.35. The minimum absolute atomic E-state index is 0.0399. The molecule has 1 atom stereocenters. The number of hydrogen-bond acceptors (Lipinski definition) is 8. The number of alkyl halides is 3. The van der Waals surface area contributed by atoms with Crippen LogP contribution in [0, 0.1) is 0 Å². The fourth-order valence-corrected chi connectivity index (χ4v) is 6.85. The largest absolute Gasteiger partial charge is 0.465 e. The highest BCUT2D eigenvalue weighted by atomic mass is 35.5. The van der Waals surface area contributed by atoms with Crippen LogP contribution in [0.3, 0.4) is 0 Å². The quantitative estimate of drug-likeness (QED) is 0.368. The van der Waals surface area contributed by atoms with Crippen molar-refractivity contribution in [3.8, 4) is 11.3 Å². The number of hydrogen-bond donors (Lipinski definition) is 1. The van der Waals surface area contributed by atoms with Crippen molar-refractivity contribution in [1.82, 2.24) is 19.0 Å². The molecule has 0 amide bonds. The van der Waals surface area contributed by atoms with Gasteiger partial charge in [0.2, 0.25) is 10.0 Å². The molecule has 0 saturated carbocycles. The van der Waals surface area contributed by atoms with Gasteiger partial charge in [-0.15, -0.1) is 0 Å². The lowest BCUT2D eigenvalue weighted by atomic mass is 10.0. The van der Waals surface area contributed by atoms with Crippen molar-refractivity contribution in [3.63, 3.8) is 0 Å². The van der Waals surface area contributed by atoms with Crippen LogP contribution in [0.15, 0.2) is 42.5 Å². The number of methoxy groups -OCH3 is 1. The number of ether oxygens (including phenoxy) is 1. The molecule has 1 saturated heterocycles. The molecule has 0 bridgehead atoms. The Kier molecular flexibility index (Phi) is 9.29. The Balaban J connectivity index is 1.31. The van der Waals surface area contributed by atoms with E-state index in [1.165, 1.54) is 23.5 Å². The number of benzene rings is 2. The lowest BCUT2D eigenvalue weighted by Gasteiger charge is -2.37. The molecule has 2 aliphatic rings. The molecule has 1 fully saturated rings. The van der Waals surface area contributed by atoms with Crippen molar-refractivity contribution in [1.29, 1.82) is 0 Å². The Morgan fingerprint density at radius 1 is 1.07 bits per heavy atom. The summed E-state index contributed by atoms with van der Waals surface area (Å²) in [4.78, 5) is 16.4. The number of piperazine rings is 1. The number of esters is 1. The van der Waals surface area contributed by atoms with Gasteiger partial charge in [-0.25, -0.2) is 13.2 Å². The van der Waals surface area contributed by atoms with Gasteiger partial charge >= 0.3 is 12.1 Å². The number of carbonyl (C=O) groups is 1. The van der Waals surface area contributed by atoms with E-state index in [4.69, 9.17) is 16.3 Å². The first kappa shape index (κ1) is 32.2. The van der Waals surface area contributed by atoms with Gasteiger partial charge in [0.05, 0.1) is 53.5 Å². The maximum atomic E-state index is 13.2. The van der Waals surface area contributed by atoms with Gasteiger partial charge in [-0.2, -0.15) is 22.6 Å². The smallest absolute Gasteiger partial charge is 0.416 e. The summed E-state index contributed by atoms with van der Waals surface area (Å²) in [6.45, 7) is 3.06. The second-order valence-electron chi connectivity index (χ2n) is 10.9. The first-order chi connectivity index (χ1) is 20.8. The fraction of sp³-hybridized carbons (Fsp3) is 0.448. The number of aliphatic hydroxyl groups is 1. The molecule has 2 aromatic carbocycles. The second kappa shape index (κ2) is 12.7. The van der Waals surface area contributed by atoms with Crippen LogP contribution < -0.4 is 4.90 Å². The molecule has 238 valence electrons. The number of carbonyl (C=O) groups excluding carboxylic acids is 1. The number of sulfonamides is 1. The maximum Gasteiger partial charge on any atom is 0.416 e. The van der Waals surface area contributed by atoms with E-state index in [0.717, 1.165) is 24.1 Å². The molecule has 1 aromatic heterocycles. The summed E-state index contributed by atoms with van der Waals surface area (Å²) in [5.74, 6) is -0.474. The average molecular weight is 656 g/mol. The third kappa shape index (κ3) is 6.89. The van der Waals surface area contributed by atoms with Gasteiger partial charge in [-0.05, 0) is 24.3 Å². The van der Waals surface area contributed by atoms with Gasteiger partial charge in [-0.1, -0.05) is 29.8 Å². The number of halogens is 4. The van der Waals surface area contributed by atoms with Gasteiger partial charge < -0.3 is 14.7 Å². The molecule has 44 heavy (non-hydrogen) atoms. The van der Waals surface area contributed by atoms with E-state index >= 15 is 0 Å². The summed E-state index contributed by atoms with van der Waals surface area (Å²) >= 11 is 6.44. The Hall–Kier alpha value is -3.17. The zero-order valence-corrected chi connectivity index (χ0v) is 25.8. The number of rotatable bonds is 8. The lowest BCUT2D eigenvalue weighted by molar-refractivity contribution is -0.137. The highest BCUT2D eigenvalue weighted by Gasteiger charge is 2.33. The molecule has 1 N–H and O–H groups in total. The summed E-state index contributed by atoms with van der Waals surface area (Å²) in [5, 5.41) is 16.2. The molecular weight excluding hydrogens is 623 g/mol. The molecule has 2 aliphatic heterocycles. The maximum absolute atomic E-state index is 13.2. The van der Waals surface area contributed by atoms with E-state index in [1.807, 2.05) is 4.90 Å². The van der Waals surface area contributed by atoms with E-state index < -0.39 is 33.8 Å². The van der Waals surface area contributed by atoms with Crippen molar-refractivity contribution >= 4 is 33.3 Å². The topological polar surface area (TPSA) is 108 Å². The zero-order valence-electron chi connectivity index (χ0n) is 24.2. The van der Waals surface area contributed by atoms with Crippen LogP contribution >= 0.6 is 11.6 Å². The van der Waals surface area contributed by atoms with Crippen LogP contribution in [0.5, 0.6) is 0 Å². The normalized spacial score (nSPS) is 17.4. The van der Waals surface area contributed by atoms with Gasteiger partial charge in [0.25, 0.3) is 0 Å². The van der Waals surface area contributed by atoms with Gasteiger partial charge in [-0.3, -0.25) is 9.58 Å². The predicted octanol–water partition coefficient (Wildman–Crippen LogP) is 3.51. The van der Waals surface area contributed by atoms with Crippen molar-refractivity contribution in [3.05, 3.63) is 69.9 Å². The van der Waals surface area contributed by atoms with Crippen molar-refractivity contribution in [2.45, 2.75) is 31.8 Å². The van der Waals surface area contributed by atoms with Gasteiger partial charge in [0.15, 0.2) is 0 Å². The number of β-amino-alcohol motifs (C(OH)–C–C–N with tert-alkyl or cyclic N) is 1. The Labute approximate surface area is 258 Å². The summed E-state index contributed by atoms with van der Waals surface area (Å²) < 4.78 is 71.9. The Morgan fingerprint density at radius 3 is 2.36 bits per heavy atom. The van der Waals surface area contributed by atoms with E-state index in [9.17, 15) is 31.5 Å². The lowest BCUT2D eigenvalue weighted by Crippen LogP contribution is -2.49. The molecular formula is C29H33ClF3N5O5S. The zero-order chi connectivity index (χ0) is 31.8. The molecule has 10 nitrogen and oxygen atoms in total. The molecule has 5 rings (SSSR count). The number of para-hydroxylation sites is 1. The van der Waals surface area contributed by atoms with Crippen LogP contribution in [-0.2, 0) is 40.4 Å². The van der Waals surface area contributed by atoms with Crippen LogP contribution in [0.25, 0.3) is 11.3 Å². The minimum Gasteiger partial charge on any atom is -0.465 e. The molecule has 0 aliphatic carbocycles. The van der Waals surface area contributed by atoms with Crippen LogP contribution in [0.4, 0.5) is 18.9 Å². The fourth-order valence-electron chi connectivity index (χ4n) is 5.77. The predicted molar refractivity (Wildman–Crippen MR) is 159 cm³/mol. The number of nitrogens with zero attached hydrogens (tertiary/aromatic N) is 5. The molecule has 3 aromatic rings. The summed E-state index contributed by atoms with van der Waals surface area (Å²) in [5.41, 5.74) is 2.39. The number of anilines is 1. The highest BCUT2D eigenvalue weighted by molar-refractivity contribution is 7.88. The third-order valence-electron chi connectivity index (χ3n) is 7.99. The Bertz CT molecular complexity index is 1620. The number of aromatic nitrogens is 2. The van der Waals surface area contributed by atoms with Crippen LogP contribution in [0.2, 0.25) is 5.02 Å².